The summed E-state index contributed by atoms with van der Waals surface area (Å²) in [6.45, 7) is 18.5. The van der Waals surface area contributed by atoms with Crippen LogP contribution in [-0.2, 0) is 53.9 Å². The minimum atomic E-state index is -1.47. The Hall–Kier alpha value is -3.36. The van der Waals surface area contributed by atoms with E-state index < -0.39 is 108 Å². The lowest BCUT2D eigenvalue weighted by Gasteiger charge is -2.50. The number of aliphatic hydroxyl groups is 2. The van der Waals surface area contributed by atoms with E-state index in [0.29, 0.717) is 25.8 Å². The number of benzene rings is 1. The molecule has 2 unspecified atom stereocenters. The van der Waals surface area contributed by atoms with Crippen molar-refractivity contribution in [1.82, 2.24) is 20.3 Å². The number of methoxy groups -OCH3 is 2. The SMILES string of the molecule is CCC1OC(=O)[C@H](C)C(O[C@H]2C[C@@](C)(OC)[C@@H](O)[C@H](C)O2)[C@H](C)[C@@H](O[C@@H]2O[C@H](C)C[C@H](N(C)C)[C@H]2O)[C@](C)(OC)C[C@@H](C)C(=O)[C@H](C)[C@H]2N(NCCCc3ccnc4ccccc34)C(=O)O[C@]12C. The van der Waals surface area contributed by atoms with Gasteiger partial charge in [-0.05, 0) is 105 Å². The van der Waals surface area contributed by atoms with Crippen molar-refractivity contribution in [3.63, 3.8) is 0 Å². The summed E-state index contributed by atoms with van der Waals surface area (Å²) in [6.07, 6.45) is -4.54. The highest BCUT2D eigenvalue weighted by Gasteiger charge is 2.61. The van der Waals surface area contributed by atoms with Gasteiger partial charge in [0.15, 0.2) is 18.2 Å². The highest BCUT2D eigenvalue weighted by Crippen LogP contribution is 2.44. The van der Waals surface area contributed by atoms with Crippen LogP contribution in [0, 0.1) is 23.7 Å². The molecular formula is C51H80N4O13. The molecule has 68 heavy (non-hydrogen) atoms. The number of hydrazine groups is 1. The molecule has 17 nitrogen and oxygen atoms in total. The number of nitrogens with zero attached hydrogens (tertiary/aromatic N) is 3. The van der Waals surface area contributed by atoms with E-state index >= 15 is 4.79 Å². The van der Waals surface area contributed by atoms with Gasteiger partial charge in [-0.1, -0.05) is 45.9 Å². The van der Waals surface area contributed by atoms with Gasteiger partial charge in [-0.25, -0.2) is 15.2 Å². The topological polar surface area (TPSA) is 197 Å². The fraction of sp³-hybridized carbons (Fsp3) is 0.765. The van der Waals surface area contributed by atoms with E-state index in [4.69, 9.17) is 37.9 Å². The highest BCUT2D eigenvalue weighted by atomic mass is 16.7. The summed E-state index contributed by atoms with van der Waals surface area (Å²) in [5.74, 6) is -4.03. The molecule has 1 aromatic carbocycles. The smallest absolute Gasteiger partial charge is 0.425 e. The summed E-state index contributed by atoms with van der Waals surface area (Å²) < 4.78 is 51.6. The molecule has 3 N–H and O–H groups in total. The fourth-order valence-electron chi connectivity index (χ4n) is 11.5. The third kappa shape index (κ3) is 10.9. The van der Waals surface area contributed by atoms with Gasteiger partial charge in [0.05, 0.1) is 47.1 Å². The Kier molecular flexibility index (Phi) is 17.4. The van der Waals surface area contributed by atoms with Gasteiger partial charge < -0.3 is 53.0 Å². The molecule has 4 aliphatic heterocycles. The first-order valence-electron chi connectivity index (χ1n) is 24.6. The van der Waals surface area contributed by atoms with Gasteiger partial charge in [0, 0.05) is 62.6 Å². The zero-order valence-electron chi connectivity index (χ0n) is 42.8. The van der Waals surface area contributed by atoms with Crippen molar-refractivity contribution in [2.24, 2.45) is 23.7 Å². The first-order valence-corrected chi connectivity index (χ1v) is 24.6. The number of carbonyl (C=O) groups is 3. The number of ether oxygens (including phenoxy) is 8. The quantitative estimate of drug-likeness (QED) is 0.166. The van der Waals surface area contributed by atoms with E-state index in [0.717, 1.165) is 16.5 Å². The predicted octanol–water partition coefficient (Wildman–Crippen LogP) is 5.59. The van der Waals surface area contributed by atoms with E-state index in [1.165, 1.54) is 12.1 Å². The molecule has 4 saturated heterocycles. The summed E-state index contributed by atoms with van der Waals surface area (Å²) >= 11 is 0. The first-order chi connectivity index (χ1) is 32.0. The van der Waals surface area contributed by atoms with Gasteiger partial charge in [-0.15, -0.1) is 0 Å². The molecule has 4 aliphatic rings. The van der Waals surface area contributed by atoms with Crippen LogP contribution in [-0.4, -0.2) is 162 Å². The van der Waals surface area contributed by atoms with Crippen molar-refractivity contribution >= 4 is 28.7 Å². The maximum Gasteiger partial charge on any atom is 0.425 e. The van der Waals surface area contributed by atoms with Crippen molar-refractivity contribution in [1.29, 1.82) is 0 Å². The Morgan fingerprint density at radius 3 is 2.26 bits per heavy atom. The maximum atomic E-state index is 15.1. The molecule has 6 rings (SSSR count). The summed E-state index contributed by atoms with van der Waals surface area (Å²) in [5.41, 5.74) is 1.55. The molecule has 1 aromatic heterocycles. The monoisotopic (exact) mass is 957 g/mol. The van der Waals surface area contributed by atoms with E-state index in [1.54, 1.807) is 47.9 Å². The number of pyridine rings is 1. The number of hydrogen-bond acceptors (Lipinski definition) is 16. The number of carbonyl (C=O) groups excluding carboxylic acids is 3. The van der Waals surface area contributed by atoms with Crippen LogP contribution in [0.2, 0.25) is 0 Å². The molecule has 382 valence electrons. The lowest BCUT2D eigenvalue weighted by atomic mass is 9.73. The van der Waals surface area contributed by atoms with Gasteiger partial charge in [0.25, 0.3) is 0 Å². The number of likely N-dealkylation sites (N-methyl/N-ethyl adjacent to an activating group) is 1. The lowest BCUT2D eigenvalue weighted by molar-refractivity contribution is -0.319. The minimum Gasteiger partial charge on any atom is -0.458 e. The number of hydrogen-bond donors (Lipinski definition) is 3. The molecule has 0 radical (unpaired) electrons. The van der Waals surface area contributed by atoms with Gasteiger partial charge >= 0.3 is 12.1 Å². The third-order valence-electron chi connectivity index (χ3n) is 15.7. The van der Waals surface area contributed by atoms with Crippen LogP contribution >= 0.6 is 0 Å². The molecule has 0 saturated carbocycles. The zero-order chi connectivity index (χ0) is 50.0. The van der Waals surface area contributed by atoms with Gasteiger partial charge in [0.1, 0.15) is 30.1 Å². The number of cyclic esters (lactones) is 1. The number of esters is 1. The molecule has 0 bridgehead atoms. The average Bonchev–Trinajstić information content (AvgIpc) is 3.57. The van der Waals surface area contributed by atoms with Crippen LogP contribution in [0.15, 0.2) is 36.5 Å². The molecule has 1 amide bonds. The van der Waals surface area contributed by atoms with Crippen LogP contribution in [0.1, 0.15) is 107 Å². The number of fused-ring (bicyclic) bond motifs is 2. The number of nitrogens with one attached hydrogen (secondary N) is 1. The number of amides is 1. The standard InChI is InChI=1S/C51H80N4O13/c1-15-38-51(10)43(55(48(60)68-51)53-23-18-19-34-22-24-52-36-21-17-16-20-35(34)36)30(4)40(56)28(2)26-50(9,62-14)45(67-47-41(57)37(54(11)12)25-29(3)63-47)31(5)42(32(6)46(59)65-38)66-39-27-49(8,61-13)44(58)33(7)64-39/h16-17,20-22,24,28-33,37-39,41-45,47,53,57-58H,15,18-19,23,25-27H2,1-14H3/t28-,29-,30+,31+,32-,33+,37+,38?,39+,41-,42?,43-,44+,45-,47+,49-,50-,51-/m1/s1. The number of rotatable bonds is 13. The second-order valence-corrected chi connectivity index (χ2v) is 20.8. The van der Waals surface area contributed by atoms with Crippen LogP contribution in [0.4, 0.5) is 4.79 Å². The zero-order valence-corrected chi connectivity index (χ0v) is 42.8. The molecule has 5 heterocycles. The summed E-state index contributed by atoms with van der Waals surface area (Å²) in [5, 5.41) is 25.4. The van der Waals surface area contributed by atoms with Gasteiger partial charge in [0.2, 0.25) is 0 Å². The van der Waals surface area contributed by atoms with E-state index in [2.05, 4.69) is 10.4 Å². The Labute approximate surface area is 403 Å². The Morgan fingerprint density at radius 1 is 0.912 bits per heavy atom. The molecule has 18 atom stereocenters. The van der Waals surface area contributed by atoms with Crippen molar-refractivity contribution in [3.8, 4) is 0 Å². The minimum absolute atomic E-state index is 0.123. The van der Waals surface area contributed by atoms with Crippen LogP contribution in [0.5, 0.6) is 0 Å². The fourth-order valence-corrected chi connectivity index (χ4v) is 11.5. The maximum absolute atomic E-state index is 15.1. The van der Waals surface area contributed by atoms with E-state index in [9.17, 15) is 19.8 Å². The van der Waals surface area contributed by atoms with Crippen LogP contribution < -0.4 is 5.43 Å². The Morgan fingerprint density at radius 2 is 1.60 bits per heavy atom. The van der Waals surface area contributed by atoms with Crippen LogP contribution in [0.25, 0.3) is 10.9 Å². The molecule has 4 fully saturated rings. The van der Waals surface area contributed by atoms with Crippen LogP contribution in [0.3, 0.4) is 0 Å². The molecule has 2 aromatic rings. The Bertz CT molecular complexity index is 2040. The molecule has 17 heteroatoms. The third-order valence-corrected chi connectivity index (χ3v) is 15.7. The van der Waals surface area contributed by atoms with E-state index in [-0.39, 0.29) is 37.2 Å². The second-order valence-electron chi connectivity index (χ2n) is 20.8. The van der Waals surface area contributed by atoms with Crippen molar-refractivity contribution < 1.29 is 62.5 Å². The van der Waals surface area contributed by atoms with Gasteiger partial charge in [-0.3, -0.25) is 14.6 Å². The molecule has 0 spiro atoms. The molecular weight excluding hydrogens is 877 g/mol. The van der Waals surface area contributed by atoms with Crippen molar-refractivity contribution in [3.05, 3.63) is 42.1 Å². The number of aromatic nitrogens is 1. The van der Waals surface area contributed by atoms with E-state index in [1.807, 2.05) is 83.9 Å². The number of para-hydroxylation sites is 1. The largest absolute Gasteiger partial charge is 0.458 e. The van der Waals surface area contributed by atoms with Crippen molar-refractivity contribution in [2.45, 2.75) is 192 Å². The Balaban J connectivity index is 1.39. The second kappa shape index (κ2) is 22.0. The van der Waals surface area contributed by atoms with Gasteiger partial charge in [-0.2, -0.15) is 0 Å². The molecule has 0 aliphatic carbocycles. The normalized spacial score (nSPS) is 41.0. The summed E-state index contributed by atoms with van der Waals surface area (Å²) in [6, 6.07) is 8.76. The number of aliphatic hydroxyl groups excluding tert-OH is 2. The highest BCUT2D eigenvalue weighted by molar-refractivity contribution is 5.85. The first kappa shape index (κ1) is 54.0. The lowest BCUT2D eigenvalue weighted by Crippen LogP contribution is -2.62. The number of ketones is 1. The van der Waals surface area contributed by atoms with Crippen molar-refractivity contribution in [2.75, 3.05) is 34.9 Å². The summed E-state index contributed by atoms with van der Waals surface area (Å²) in [7, 11) is 6.86. The number of aryl methyl sites for hydroxylation is 1. The summed E-state index contributed by atoms with van der Waals surface area (Å²) in [4.78, 5) is 50.6. The predicted molar refractivity (Wildman–Crippen MR) is 253 cm³/mol. The average molecular weight is 957 g/mol. The number of Topliss-reactive ketones (excluding diaryl/α,β-unsaturated/α-hetero) is 1.